The number of amides is 1. The van der Waals surface area contributed by atoms with Crippen LogP contribution in [0, 0.1) is 11.8 Å². The Bertz CT molecular complexity index is 465. The van der Waals surface area contributed by atoms with Crippen LogP contribution >= 0.6 is 0 Å². The van der Waals surface area contributed by atoms with E-state index in [2.05, 4.69) is 11.9 Å². The van der Waals surface area contributed by atoms with Crippen molar-refractivity contribution >= 4 is 17.0 Å². The molecule has 0 heterocycles. The van der Waals surface area contributed by atoms with Gasteiger partial charge in [0.2, 0.25) is 5.91 Å². The zero-order valence-corrected chi connectivity index (χ0v) is 15.4. The average Bonchev–Trinajstić information content (AvgIpc) is 2.41. The molecule has 1 amide bonds. The van der Waals surface area contributed by atoms with Gasteiger partial charge in [0.15, 0.2) is 0 Å². The molecule has 3 unspecified atom stereocenters. The Balaban J connectivity index is 2.75. The van der Waals surface area contributed by atoms with Crippen LogP contribution in [0.1, 0.15) is 65.7 Å². The zero-order chi connectivity index (χ0) is 17.4. The first-order valence-electron chi connectivity index (χ1n) is 8.54. The molecule has 1 fully saturated rings. The van der Waals surface area contributed by atoms with E-state index in [9.17, 15) is 13.6 Å². The lowest BCUT2D eigenvalue weighted by atomic mass is 9.80. The molecule has 23 heavy (non-hydrogen) atoms. The summed E-state index contributed by atoms with van der Waals surface area (Å²) in [7, 11) is 0. The molecular formula is C18H30NO3S-. The number of allylic oxidation sites excluding steroid dienone is 2. The molecular weight excluding hydrogens is 310 g/mol. The van der Waals surface area contributed by atoms with Crippen LogP contribution in [0.5, 0.6) is 0 Å². The number of unbranched alkanes of at least 4 members (excludes halogenated alkanes) is 1. The number of rotatable bonds is 10. The van der Waals surface area contributed by atoms with Gasteiger partial charge in [-0.15, -0.1) is 6.58 Å². The third kappa shape index (κ3) is 6.60. The van der Waals surface area contributed by atoms with E-state index in [1.807, 2.05) is 13.0 Å². The van der Waals surface area contributed by atoms with E-state index >= 15 is 0 Å². The minimum Gasteiger partial charge on any atom is -0.769 e. The van der Waals surface area contributed by atoms with Crippen molar-refractivity contribution in [3.05, 3.63) is 23.1 Å². The standard InChI is InChI=1S/C18H31NO3S/c1-5-6-7-9-14(4)18(20)19-16(12-15-10-8-11-15)17(13(2)3)23(21)22/h5,14-16H,1,6-12H2,2-4H3,(H,19,20)(H,21,22)/p-1. The smallest absolute Gasteiger partial charge is 0.223 e. The average molecular weight is 341 g/mol. The molecule has 4 nitrogen and oxygen atoms in total. The van der Waals surface area contributed by atoms with Gasteiger partial charge in [0.05, 0.1) is 6.04 Å². The topological polar surface area (TPSA) is 69.2 Å². The van der Waals surface area contributed by atoms with Crippen molar-refractivity contribution in [1.82, 2.24) is 5.32 Å². The maximum Gasteiger partial charge on any atom is 0.223 e. The Morgan fingerprint density at radius 2 is 2.09 bits per heavy atom. The quantitative estimate of drug-likeness (QED) is 0.373. The zero-order valence-electron chi connectivity index (χ0n) is 14.6. The monoisotopic (exact) mass is 340 g/mol. The highest BCUT2D eigenvalue weighted by molar-refractivity contribution is 7.83. The second-order valence-electron chi connectivity index (χ2n) is 6.81. The van der Waals surface area contributed by atoms with Gasteiger partial charge in [-0.25, -0.2) is 0 Å². The molecule has 0 aromatic carbocycles. The Labute approximate surface area is 143 Å². The minimum atomic E-state index is -2.29. The maximum absolute atomic E-state index is 12.4. The minimum absolute atomic E-state index is 0.0532. The summed E-state index contributed by atoms with van der Waals surface area (Å²) in [6, 6.07) is -0.391. The van der Waals surface area contributed by atoms with E-state index in [1.54, 1.807) is 13.8 Å². The van der Waals surface area contributed by atoms with Gasteiger partial charge in [-0.05, 0) is 56.5 Å². The summed E-state index contributed by atoms with van der Waals surface area (Å²) in [5, 5.41) is 2.99. The van der Waals surface area contributed by atoms with Crippen LogP contribution in [0.25, 0.3) is 0 Å². The fourth-order valence-corrected chi connectivity index (χ4v) is 3.66. The second-order valence-corrected chi connectivity index (χ2v) is 7.72. The number of hydrogen-bond acceptors (Lipinski definition) is 3. The summed E-state index contributed by atoms with van der Waals surface area (Å²) in [4.78, 5) is 12.8. The lowest BCUT2D eigenvalue weighted by molar-refractivity contribution is -0.125. The summed E-state index contributed by atoms with van der Waals surface area (Å²) in [6.45, 7) is 9.16. The molecule has 1 rings (SSSR count). The van der Waals surface area contributed by atoms with Crippen LogP contribution in [-0.2, 0) is 15.9 Å². The van der Waals surface area contributed by atoms with Crippen LogP contribution in [-0.4, -0.2) is 20.7 Å². The van der Waals surface area contributed by atoms with Crippen LogP contribution in [0.4, 0.5) is 0 Å². The van der Waals surface area contributed by atoms with E-state index in [0.717, 1.165) is 44.1 Å². The first kappa shape index (κ1) is 20.1. The Morgan fingerprint density at radius 1 is 1.43 bits per heavy atom. The van der Waals surface area contributed by atoms with Gasteiger partial charge in [-0.2, -0.15) is 0 Å². The number of carbonyl (C=O) groups excluding carboxylic acids is 1. The summed E-state index contributed by atoms with van der Waals surface area (Å²) in [5.41, 5.74) is 0.752. The van der Waals surface area contributed by atoms with E-state index in [4.69, 9.17) is 0 Å². The molecule has 132 valence electrons. The van der Waals surface area contributed by atoms with Crippen LogP contribution in [0.3, 0.4) is 0 Å². The lowest BCUT2D eigenvalue weighted by Crippen LogP contribution is -2.42. The summed E-state index contributed by atoms with van der Waals surface area (Å²) in [6.07, 6.45) is 8.64. The fourth-order valence-electron chi connectivity index (χ4n) is 2.94. The van der Waals surface area contributed by atoms with Crippen molar-refractivity contribution in [3.8, 4) is 0 Å². The van der Waals surface area contributed by atoms with Gasteiger partial charge in [0, 0.05) is 10.8 Å². The van der Waals surface area contributed by atoms with E-state index in [1.165, 1.54) is 6.42 Å². The molecule has 0 spiro atoms. The van der Waals surface area contributed by atoms with Crippen molar-refractivity contribution in [2.75, 3.05) is 0 Å². The van der Waals surface area contributed by atoms with Crippen LogP contribution in [0.15, 0.2) is 23.1 Å². The van der Waals surface area contributed by atoms with Gasteiger partial charge >= 0.3 is 0 Å². The highest BCUT2D eigenvalue weighted by atomic mass is 32.2. The van der Waals surface area contributed by atoms with Crippen molar-refractivity contribution in [3.63, 3.8) is 0 Å². The van der Waals surface area contributed by atoms with Gasteiger partial charge < -0.3 is 9.87 Å². The van der Waals surface area contributed by atoms with Crippen LogP contribution in [0.2, 0.25) is 0 Å². The van der Waals surface area contributed by atoms with Gasteiger partial charge in [0.25, 0.3) is 0 Å². The first-order valence-corrected chi connectivity index (χ1v) is 9.62. The molecule has 0 aliphatic heterocycles. The number of hydrogen-bond donors (Lipinski definition) is 1. The molecule has 0 saturated heterocycles. The van der Waals surface area contributed by atoms with Gasteiger partial charge in [0.1, 0.15) is 0 Å². The van der Waals surface area contributed by atoms with Crippen LogP contribution < -0.4 is 5.32 Å². The van der Waals surface area contributed by atoms with Crippen molar-refractivity contribution < 1.29 is 13.6 Å². The normalized spacial score (nSPS) is 18.4. The maximum atomic E-state index is 12.4. The molecule has 1 aliphatic carbocycles. The Hall–Kier alpha value is -0.940. The molecule has 1 aliphatic rings. The predicted molar refractivity (Wildman–Crippen MR) is 94.4 cm³/mol. The molecule has 0 aromatic rings. The molecule has 0 radical (unpaired) electrons. The van der Waals surface area contributed by atoms with E-state index in [-0.39, 0.29) is 11.8 Å². The van der Waals surface area contributed by atoms with E-state index in [0.29, 0.717) is 10.8 Å². The third-order valence-electron chi connectivity index (χ3n) is 4.59. The fraction of sp³-hybridized carbons (Fsp3) is 0.722. The van der Waals surface area contributed by atoms with Gasteiger partial charge in [-0.1, -0.05) is 37.8 Å². The lowest BCUT2D eigenvalue weighted by Gasteiger charge is -2.33. The summed E-state index contributed by atoms with van der Waals surface area (Å²) in [5.74, 6) is 0.356. The third-order valence-corrected chi connectivity index (χ3v) is 5.64. The van der Waals surface area contributed by atoms with E-state index < -0.39 is 17.1 Å². The summed E-state index contributed by atoms with van der Waals surface area (Å²) >= 11 is -2.29. The molecule has 1 N–H and O–H groups in total. The highest BCUT2D eigenvalue weighted by Crippen LogP contribution is 2.33. The molecule has 5 heteroatoms. The largest absolute Gasteiger partial charge is 0.769 e. The summed E-state index contributed by atoms with van der Waals surface area (Å²) < 4.78 is 23.2. The molecule has 3 atom stereocenters. The molecule has 0 bridgehead atoms. The Morgan fingerprint density at radius 3 is 2.52 bits per heavy atom. The second kappa shape index (κ2) is 10.0. The van der Waals surface area contributed by atoms with Crippen molar-refractivity contribution in [1.29, 1.82) is 0 Å². The van der Waals surface area contributed by atoms with Crippen molar-refractivity contribution in [2.24, 2.45) is 11.8 Å². The Kier molecular flexibility index (Phi) is 8.77. The predicted octanol–water partition coefficient (Wildman–Crippen LogP) is 3.83. The number of carbonyl (C=O) groups is 1. The SMILES string of the molecule is C=CCCCC(C)C(=O)NC(CC1CCC1)C(=C(C)C)S(=O)[O-]. The first-order chi connectivity index (χ1) is 10.9. The molecule has 0 aromatic heterocycles. The molecule has 1 saturated carbocycles. The van der Waals surface area contributed by atoms with Crippen molar-refractivity contribution in [2.45, 2.75) is 71.8 Å². The number of nitrogens with one attached hydrogen (secondary N) is 1. The highest BCUT2D eigenvalue weighted by Gasteiger charge is 2.27. The van der Waals surface area contributed by atoms with Gasteiger partial charge in [-0.3, -0.25) is 9.00 Å².